The molecular formula is C20H26O. The van der Waals surface area contributed by atoms with E-state index in [1.807, 2.05) is 6.92 Å². The molecule has 2 atom stereocenters. The quantitative estimate of drug-likeness (QED) is 0.696. The van der Waals surface area contributed by atoms with E-state index >= 15 is 0 Å². The van der Waals surface area contributed by atoms with Crippen molar-refractivity contribution < 1.29 is 4.79 Å². The highest BCUT2D eigenvalue weighted by atomic mass is 16.1. The molecule has 1 aliphatic carbocycles. The number of Topliss-reactive ketones (excluding diaryl/α,β-unsaturated/α-hetero) is 1. The molecule has 2 unspecified atom stereocenters. The fraction of sp³-hybridized carbons (Fsp3) is 0.450. The maximum absolute atomic E-state index is 13.2. The normalized spacial score (nSPS) is 27.2. The van der Waals surface area contributed by atoms with Gasteiger partial charge in [0.25, 0.3) is 0 Å². The van der Waals surface area contributed by atoms with Crippen LogP contribution in [0.25, 0.3) is 0 Å². The van der Waals surface area contributed by atoms with Crippen LogP contribution in [0.3, 0.4) is 0 Å². The van der Waals surface area contributed by atoms with Gasteiger partial charge in [0.05, 0.1) is 5.41 Å². The van der Waals surface area contributed by atoms with E-state index in [0.717, 1.165) is 16.7 Å². The van der Waals surface area contributed by atoms with Gasteiger partial charge in [0.2, 0.25) is 0 Å². The molecule has 1 aromatic carbocycles. The molecule has 0 heterocycles. The van der Waals surface area contributed by atoms with Crippen LogP contribution in [0.1, 0.15) is 52.7 Å². The standard InChI is InChI=1S/C20H26O/c1-12-8-10-18(11-9-12)20(7)17(6)15(4)13(2)14(3)16(5)19(20)21/h8-11,17H,1-7H3. The van der Waals surface area contributed by atoms with Gasteiger partial charge >= 0.3 is 0 Å². The van der Waals surface area contributed by atoms with Crippen LogP contribution in [0.4, 0.5) is 0 Å². The van der Waals surface area contributed by atoms with Crippen molar-refractivity contribution in [2.75, 3.05) is 0 Å². The number of benzene rings is 1. The molecule has 0 spiro atoms. The molecule has 0 aliphatic heterocycles. The summed E-state index contributed by atoms with van der Waals surface area (Å²) in [5.74, 6) is 0.452. The van der Waals surface area contributed by atoms with Gasteiger partial charge in [0.15, 0.2) is 5.78 Å². The van der Waals surface area contributed by atoms with Gasteiger partial charge in [-0.1, -0.05) is 42.3 Å². The Bertz CT molecular complexity index is 643. The van der Waals surface area contributed by atoms with E-state index in [1.165, 1.54) is 16.7 Å². The Morgan fingerprint density at radius 2 is 1.38 bits per heavy atom. The zero-order valence-electron chi connectivity index (χ0n) is 14.3. The molecular weight excluding hydrogens is 256 g/mol. The van der Waals surface area contributed by atoms with Gasteiger partial charge in [-0.05, 0) is 69.7 Å². The number of hydrogen-bond acceptors (Lipinski definition) is 1. The monoisotopic (exact) mass is 282 g/mol. The summed E-state index contributed by atoms with van der Waals surface area (Å²) in [6, 6.07) is 8.42. The molecule has 0 bridgehead atoms. The molecule has 0 aromatic heterocycles. The Hall–Kier alpha value is -1.63. The van der Waals surface area contributed by atoms with Crippen molar-refractivity contribution in [3.63, 3.8) is 0 Å². The fourth-order valence-electron chi connectivity index (χ4n) is 3.37. The molecule has 0 amide bonds. The molecule has 0 radical (unpaired) electrons. The maximum atomic E-state index is 13.2. The number of carbonyl (C=O) groups excluding carboxylic acids is 1. The van der Waals surface area contributed by atoms with Crippen LogP contribution in [0, 0.1) is 12.8 Å². The third-order valence-corrected chi connectivity index (χ3v) is 5.70. The summed E-state index contributed by atoms with van der Waals surface area (Å²) in [5.41, 5.74) is 6.49. The molecule has 0 saturated heterocycles. The Balaban J connectivity index is 2.72. The minimum Gasteiger partial charge on any atom is -0.294 e. The highest BCUT2D eigenvalue weighted by Crippen LogP contribution is 2.43. The lowest BCUT2D eigenvalue weighted by Gasteiger charge is -2.35. The Kier molecular flexibility index (Phi) is 3.97. The fourth-order valence-corrected chi connectivity index (χ4v) is 3.37. The first kappa shape index (κ1) is 15.8. The number of ketones is 1. The van der Waals surface area contributed by atoms with E-state index < -0.39 is 5.41 Å². The van der Waals surface area contributed by atoms with E-state index in [-0.39, 0.29) is 11.7 Å². The summed E-state index contributed by atoms with van der Waals surface area (Å²) in [6.07, 6.45) is 0. The molecule has 1 aromatic rings. The van der Waals surface area contributed by atoms with Crippen LogP contribution in [0.5, 0.6) is 0 Å². The topological polar surface area (TPSA) is 17.1 Å². The zero-order valence-corrected chi connectivity index (χ0v) is 14.3. The van der Waals surface area contributed by atoms with Crippen LogP contribution in [-0.2, 0) is 10.2 Å². The van der Waals surface area contributed by atoms with Gasteiger partial charge in [0, 0.05) is 0 Å². The van der Waals surface area contributed by atoms with Crippen molar-refractivity contribution in [3.05, 3.63) is 57.7 Å². The van der Waals surface area contributed by atoms with E-state index in [9.17, 15) is 4.79 Å². The van der Waals surface area contributed by atoms with Crippen LogP contribution >= 0.6 is 0 Å². The van der Waals surface area contributed by atoms with Gasteiger partial charge in [0.1, 0.15) is 0 Å². The largest absolute Gasteiger partial charge is 0.294 e. The van der Waals surface area contributed by atoms with Gasteiger partial charge in [-0.15, -0.1) is 0 Å². The second kappa shape index (κ2) is 5.29. The number of rotatable bonds is 1. The van der Waals surface area contributed by atoms with Crippen LogP contribution in [-0.4, -0.2) is 5.78 Å². The smallest absolute Gasteiger partial charge is 0.169 e. The third kappa shape index (κ3) is 2.29. The van der Waals surface area contributed by atoms with Gasteiger partial charge in [-0.3, -0.25) is 4.79 Å². The van der Waals surface area contributed by atoms with Crippen LogP contribution in [0.2, 0.25) is 0 Å². The van der Waals surface area contributed by atoms with Crippen molar-refractivity contribution in [1.82, 2.24) is 0 Å². The van der Waals surface area contributed by atoms with Crippen molar-refractivity contribution in [1.29, 1.82) is 0 Å². The van der Waals surface area contributed by atoms with E-state index in [2.05, 4.69) is 65.8 Å². The number of aryl methyl sites for hydroxylation is 1. The van der Waals surface area contributed by atoms with E-state index in [0.29, 0.717) is 0 Å². The lowest BCUT2D eigenvalue weighted by Crippen LogP contribution is -2.39. The predicted molar refractivity (Wildman–Crippen MR) is 89.5 cm³/mol. The van der Waals surface area contributed by atoms with Gasteiger partial charge in [-0.25, -0.2) is 0 Å². The molecule has 2 rings (SSSR count). The summed E-state index contributed by atoms with van der Waals surface area (Å²) in [4.78, 5) is 13.2. The average Bonchev–Trinajstić information content (AvgIpc) is 2.52. The van der Waals surface area contributed by atoms with E-state index in [4.69, 9.17) is 0 Å². The number of allylic oxidation sites excluding steroid dienone is 4. The van der Waals surface area contributed by atoms with Crippen molar-refractivity contribution in [3.8, 4) is 0 Å². The molecule has 0 N–H and O–H groups in total. The first-order valence-corrected chi connectivity index (χ1v) is 7.68. The zero-order chi connectivity index (χ0) is 15.9. The molecule has 1 nitrogen and oxygen atoms in total. The summed E-state index contributed by atoms with van der Waals surface area (Å²) >= 11 is 0. The lowest BCUT2D eigenvalue weighted by molar-refractivity contribution is -0.121. The molecule has 1 aliphatic rings. The highest BCUT2D eigenvalue weighted by molar-refractivity contribution is 6.05. The van der Waals surface area contributed by atoms with Crippen molar-refractivity contribution in [2.45, 2.75) is 53.9 Å². The summed E-state index contributed by atoms with van der Waals surface area (Å²) in [6.45, 7) is 14.7. The van der Waals surface area contributed by atoms with Gasteiger partial charge < -0.3 is 0 Å². The van der Waals surface area contributed by atoms with E-state index in [1.54, 1.807) is 0 Å². The Morgan fingerprint density at radius 3 is 1.90 bits per heavy atom. The minimum atomic E-state index is -0.485. The first-order chi connectivity index (χ1) is 9.71. The molecule has 21 heavy (non-hydrogen) atoms. The van der Waals surface area contributed by atoms with Crippen LogP contribution in [0.15, 0.2) is 46.6 Å². The van der Waals surface area contributed by atoms with Crippen molar-refractivity contribution >= 4 is 5.78 Å². The Morgan fingerprint density at radius 1 is 0.857 bits per heavy atom. The first-order valence-electron chi connectivity index (χ1n) is 7.68. The molecule has 0 fully saturated rings. The molecule has 0 saturated carbocycles. The highest BCUT2D eigenvalue weighted by Gasteiger charge is 2.43. The number of carbonyl (C=O) groups is 1. The predicted octanol–water partition coefficient (Wildman–Crippen LogP) is 5.14. The maximum Gasteiger partial charge on any atom is 0.169 e. The van der Waals surface area contributed by atoms with Crippen molar-refractivity contribution in [2.24, 2.45) is 5.92 Å². The second-order valence-electron chi connectivity index (χ2n) is 6.68. The summed E-state index contributed by atoms with van der Waals surface area (Å²) in [7, 11) is 0. The van der Waals surface area contributed by atoms with Crippen LogP contribution < -0.4 is 0 Å². The second-order valence-corrected chi connectivity index (χ2v) is 6.68. The molecule has 112 valence electrons. The SMILES string of the molecule is CC1=C(C)C(C)=C(C)C(C)C(C)(c2ccc(C)cc2)C1=O. The third-order valence-electron chi connectivity index (χ3n) is 5.70. The average molecular weight is 282 g/mol. The summed E-state index contributed by atoms with van der Waals surface area (Å²) in [5, 5.41) is 0. The molecule has 1 heteroatoms. The lowest BCUT2D eigenvalue weighted by atomic mass is 9.66. The van der Waals surface area contributed by atoms with Gasteiger partial charge in [-0.2, -0.15) is 0 Å². The minimum absolute atomic E-state index is 0.195. The summed E-state index contributed by atoms with van der Waals surface area (Å²) < 4.78 is 0. The number of hydrogen-bond donors (Lipinski definition) is 0. The Labute approximate surface area is 128 Å².